The van der Waals surface area contributed by atoms with Crippen LogP contribution in [-0.2, 0) is 13.2 Å². The van der Waals surface area contributed by atoms with Gasteiger partial charge in [0.2, 0.25) is 0 Å². The zero-order valence-electron chi connectivity index (χ0n) is 11.2. The highest BCUT2D eigenvalue weighted by Gasteiger charge is 2.03. The van der Waals surface area contributed by atoms with Crippen LogP contribution in [0.5, 0.6) is 5.75 Å². The van der Waals surface area contributed by atoms with E-state index in [2.05, 4.69) is 11.4 Å². The van der Waals surface area contributed by atoms with E-state index in [1.54, 1.807) is 12.1 Å². The number of nitriles is 1. The Morgan fingerprint density at radius 3 is 2.80 bits per heavy atom. The fourth-order valence-electron chi connectivity index (χ4n) is 1.84. The fraction of sp³-hybridized carbons (Fsp3) is 0.188. The van der Waals surface area contributed by atoms with Crippen molar-refractivity contribution in [3.8, 4) is 11.8 Å². The minimum atomic E-state index is 0.382. The summed E-state index contributed by atoms with van der Waals surface area (Å²) in [6.07, 6.45) is 0. The summed E-state index contributed by atoms with van der Waals surface area (Å²) in [6, 6.07) is 15.2. The Kier molecular flexibility index (Phi) is 5.00. The molecule has 2 aromatic rings. The molecule has 0 aliphatic heterocycles. The van der Waals surface area contributed by atoms with E-state index in [1.165, 1.54) is 0 Å². The van der Waals surface area contributed by atoms with Crippen LogP contribution in [-0.4, -0.2) is 7.05 Å². The normalized spacial score (nSPS) is 10.1. The molecule has 2 rings (SSSR count). The lowest BCUT2D eigenvalue weighted by molar-refractivity contribution is 0.306. The third-order valence-electron chi connectivity index (χ3n) is 2.86. The van der Waals surface area contributed by atoms with E-state index >= 15 is 0 Å². The van der Waals surface area contributed by atoms with Gasteiger partial charge in [0.25, 0.3) is 0 Å². The first-order valence-electron chi connectivity index (χ1n) is 6.28. The fourth-order valence-corrected chi connectivity index (χ4v) is 2.08. The van der Waals surface area contributed by atoms with Gasteiger partial charge >= 0.3 is 0 Å². The highest BCUT2D eigenvalue weighted by Crippen LogP contribution is 2.21. The minimum Gasteiger partial charge on any atom is -0.489 e. The molecular weight excluding hydrogens is 272 g/mol. The monoisotopic (exact) mass is 286 g/mol. The first-order chi connectivity index (χ1) is 9.72. The zero-order chi connectivity index (χ0) is 14.4. The maximum absolute atomic E-state index is 8.80. The molecule has 0 fully saturated rings. The molecular formula is C16H15ClN2O. The van der Waals surface area contributed by atoms with Crippen molar-refractivity contribution < 1.29 is 4.74 Å². The first-order valence-corrected chi connectivity index (χ1v) is 6.65. The predicted octanol–water partition coefficient (Wildman–Crippen LogP) is 3.51. The summed E-state index contributed by atoms with van der Waals surface area (Å²) in [6.45, 7) is 1.18. The molecule has 20 heavy (non-hydrogen) atoms. The Morgan fingerprint density at radius 1 is 1.25 bits per heavy atom. The Morgan fingerprint density at radius 2 is 2.10 bits per heavy atom. The van der Waals surface area contributed by atoms with E-state index in [1.807, 2.05) is 37.4 Å². The van der Waals surface area contributed by atoms with Gasteiger partial charge in [-0.3, -0.25) is 0 Å². The van der Waals surface area contributed by atoms with Crippen molar-refractivity contribution in [2.75, 3.05) is 7.05 Å². The van der Waals surface area contributed by atoms with Crippen LogP contribution in [0.1, 0.15) is 16.7 Å². The van der Waals surface area contributed by atoms with Crippen molar-refractivity contribution >= 4 is 11.6 Å². The molecule has 1 N–H and O–H groups in total. The van der Waals surface area contributed by atoms with Crippen molar-refractivity contribution in [1.29, 1.82) is 5.26 Å². The van der Waals surface area contributed by atoms with Crippen molar-refractivity contribution in [2.45, 2.75) is 13.2 Å². The van der Waals surface area contributed by atoms with Gasteiger partial charge in [0, 0.05) is 17.1 Å². The summed E-state index contributed by atoms with van der Waals surface area (Å²) < 4.78 is 5.74. The Hall–Kier alpha value is -2.02. The molecule has 0 bridgehead atoms. The molecule has 0 atom stereocenters. The maximum atomic E-state index is 8.80. The predicted molar refractivity (Wildman–Crippen MR) is 79.7 cm³/mol. The molecule has 3 nitrogen and oxygen atoms in total. The average molecular weight is 287 g/mol. The van der Waals surface area contributed by atoms with E-state index < -0.39 is 0 Å². The van der Waals surface area contributed by atoms with Crippen molar-refractivity contribution in [3.05, 3.63) is 64.2 Å². The van der Waals surface area contributed by atoms with Gasteiger partial charge in [-0.1, -0.05) is 29.8 Å². The second-order valence-corrected chi connectivity index (χ2v) is 4.79. The van der Waals surface area contributed by atoms with Gasteiger partial charge < -0.3 is 10.1 Å². The molecule has 0 aromatic heterocycles. The third kappa shape index (κ3) is 3.74. The SMILES string of the molecule is CNCc1cccc(OCc2ccc(C#N)cc2Cl)c1. The largest absolute Gasteiger partial charge is 0.489 e. The van der Waals surface area contributed by atoms with Crippen LogP contribution in [0.4, 0.5) is 0 Å². The second-order valence-electron chi connectivity index (χ2n) is 4.38. The molecule has 0 unspecified atom stereocenters. The van der Waals surface area contributed by atoms with Gasteiger partial charge in [0.15, 0.2) is 0 Å². The summed E-state index contributed by atoms with van der Waals surface area (Å²) in [5.41, 5.74) is 2.58. The quantitative estimate of drug-likeness (QED) is 0.915. The maximum Gasteiger partial charge on any atom is 0.120 e. The molecule has 0 saturated carbocycles. The van der Waals surface area contributed by atoms with Gasteiger partial charge in [-0.2, -0.15) is 5.26 Å². The summed E-state index contributed by atoms with van der Waals surface area (Å²) >= 11 is 6.11. The highest BCUT2D eigenvalue weighted by atomic mass is 35.5. The van der Waals surface area contributed by atoms with Crippen LogP contribution in [0.25, 0.3) is 0 Å². The molecule has 0 aliphatic rings. The Bertz CT molecular complexity index is 635. The summed E-state index contributed by atoms with van der Waals surface area (Å²) in [7, 11) is 1.91. The molecule has 102 valence electrons. The standard InChI is InChI=1S/C16H15ClN2O/c1-19-10-13-3-2-4-15(7-13)20-11-14-6-5-12(9-18)8-16(14)17/h2-8,19H,10-11H2,1H3. The van der Waals surface area contributed by atoms with Crippen LogP contribution < -0.4 is 10.1 Å². The van der Waals surface area contributed by atoms with Crippen molar-refractivity contribution in [1.82, 2.24) is 5.32 Å². The van der Waals surface area contributed by atoms with Gasteiger partial charge in [-0.25, -0.2) is 0 Å². The minimum absolute atomic E-state index is 0.382. The van der Waals surface area contributed by atoms with E-state index in [9.17, 15) is 0 Å². The number of nitrogens with one attached hydrogen (secondary N) is 1. The van der Waals surface area contributed by atoms with E-state index in [0.717, 1.165) is 23.4 Å². The smallest absolute Gasteiger partial charge is 0.120 e. The summed E-state index contributed by atoms with van der Waals surface area (Å²) in [4.78, 5) is 0. The van der Waals surface area contributed by atoms with Crippen molar-refractivity contribution in [3.63, 3.8) is 0 Å². The lowest BCUT2D eigenvalue weighted by Crippen LogP contribution is -2.05. The van der Waals surface area contributed by atoms with Crippen LogP contribution in [0, 0.1) is 11.3 Å². The summed E-state index contributed by atoms with van der Waals surface area (Å²) in [5, 5.41) is 12.4. The average Bonchev–Trinajstić information content (AvgIpc) is 2.46. The van der Waals surface area contributed by atoms with Gasteiger partial charge in [-0.05, 0) is 36.9 Å². The topological polar surface area (TPSA) is 45.0 Å². The number of halogens is 1. The van der Waals surface area contributed by atoms with Gasteiger partial charge in [0.05, 0.1) is 11.6 Å². The Balaban J connectivity index is 2.05. The molecule has 0 radical (unpaired) electrons. The number of rotatable bonds is 5. The van der Waals surface area contributed by atoms with E-state index in [0.29, 0.717) is 17.2 Å². The second kappa shape index (κ2) is 6.95. The lowest BCUT2D eigenvalue weighted by Gasteiger charge is -2.09. The van der Waals surface area contributed by atoms with Crippen LogP contribution in [0.3, 0.4) is 0 Å². The molecule has 0 aliphatic carbocycles. The third-order valence-corrected chi connectivity index (χ3v) is 3.21. The summed E-state index contributed by atoms with van der Waals surface area (Å²) in [5.74, 6) is 0.804. The molecule has 0 saturated heterocycles. The van der Waals surface area contributed by atoms with E-state index in [4.69, 9.17) is 21.6 Å². The number of hydrogen-bond acceptors (Lipinski definition) is 3. The molecule has 0 amide bonds. The van der Waals surface area contributed by atoms with Crippen molar-refractivity contribution in [2.24, 2.45) is 0 Å². The molecule has 0 spiro atoms. The number of ether oxygens (including phenoxy) is 1. The lowest BCUT2D eigenvalue weighted by atomic mass is 10.1. The molecule has 4 heteroatoms. The van der Waals surface area contributed by atoms with Gasteiger partial charge in [0.1, 0.15) is 12.4 Å². The highest BCUT2D eigenvalue weighted by molar-refractivity contribution is 6.31. The molecule has 0 heterocycles. The number of hydrogen-bond donors (Lipinski definition) is 1. The van der Waals surface area contributed by atoms with Crippen LogP contribution in [0.15, 0.2) is 42.5 Å². The van der Waals surface area contributed by atoms with Crippen LogP contribution in [0.2, 0.25) is 5.02 Å². The number of benzene rings is 2. The Labute approximate surface area is 123 Å². The zero-order valence-corrected chi connectivity index (χ0v) is 11.9. The van der Waals surface area contributed by atoms with Crippen LogP contribution >= 0.6 is 11.6 Å². The number of nitrogens with zero attached hydrogens (tertiary/aromatic N) is 1. The van der Waals surface area contributed by atoms with E-state index in [-0.39, 0.29) is 0 Å². The van der Waals surface area contributed by atoms with Gasteiger partial charge in [-0.15, -0.1) is 0 Å². The first kappa shape index (κ1) is 14.4. The molecule has 2 aromatic carbocycles.